The molecule has 0 spiro atoms. The van der Waals surface area contributed by atoms with Crippen molar-refractivity contribution in [2.45, 2.75) is 105 Å². The van der Waals surface area contributed by atoms with Gasteiger partial charge in [-0.3, -0.25) is 4.79 Å². The quantitative estimate of drug-likeness (QED) is 0.465. The summed E-state index contributed by atoms with van der Waals surface area (Å²) in [5, 5.41) is 20.9. The topological polar surface area (TPSA) is 57.5 Å². The Labute approximate surface area is 202 Å². The van der Waals surface area contributed by atoms with Gasteiger partial charge in [-0.25, -0.2) is 0 Å². The number of aliphatic hydroxyl groups excluding tert-OH is 2. The molecule has 2 N–H and O–H groups in total. The molecule has 0 aromatic heterocycles. The van der Waals surface area contributed by atoms with Crippen molar-refractivity contribution in [2.75, 3.05) is 6.61 Å². The van der Waals surface area contributed by atoms with Gasteiger partial charge in [-0.1, -0.05) is 58.4 Å². The third kappa shape index (κ3) is 3.54. The van der Waals surface area contributed by atoms with Crippen LogP contribution in [0, 0.1) is 45.3 Å². The predicted molar refractivity (Wildman–Crippen MR) is 135 cm³/mol. The molecule has 0 unspecified atom stereocenters. The van der Waals surface area contributed by atoms with Gasteiger partial charge in [0.2, 0.25) is 0 Å². The summed E-state index contributed by atoms with van der Waals surface area (Å²) in [5.41, 5.74) is 2.33. The lowest BCUT2D eigenvalue weighted by molar-refractivity contribution is -0.235. The number of fused-ring (bicyclic) bond motifs is 5. The summed E-state index contributed by atoms with van der Waals surface area (Å²) in [6.07, 6.45) is 11.1. The van der Waals surface area contributed by atoms with Crippen LogP contribution in [0.2, 0.25) is 0 Å². The van der Waals surface area contributed by atoms with E-state index in [1.165, 1.54) is 31.3 Å². The fraction of sp³-hybridized carbons (Fsp3) is 0.833. The van der Waals surface area contributed by atoms with Crippen LogP contribution in [0.4, 0.5) is 0 Å². The largest absolute Gasteiger partial charge is 0.393 e. The molecule has 4 aliphatic carbocycles. The molecule has 4 aliphatic rings. The molecule has 0 saturated heterocycles. The second-order valence-corrected chi connectivity index (χ2v) is 13.5. The normalized spacial score (nSPS) is 47.0. The molecule has 3 heteroatoms. The van der Waals surface area contributed by atoms with E-state index >= 15 is 0 Å². The maximum Gasteiger partial charge on any atom is 0.138 e. The van der Waals surface area contributed by atoms with Crippen molar-refractivity contribution < 1.29 is 15.0 Å². The van der Waals surface area contributed by atoms with Gasteiger partial charge in [0.15, 0.2) is 0 Å². The SMILES string of the molecule is C=C(CC/C=C(\C)CO)[C@H]1CC[C@]2(C)[C@@H]1CC[C@@H]1[C@@]3(C)CCC(=O)C(C)(C)[C@@H]3[C@H](O)C[C@]12C. The molecule has 0 heterocycles. The molecule has 0 aromatic carbocycles. The van der Waals surface area contributed by atoms with Gasteiger partial charge < -0.3 is 10.2 Å². The van der Waals surface area contributed by atoms with Crippen LogP contribution in [0.25, 0.3) is 0 Å². The summed E-state index contributed by atoms with van der Waals surface area (Å²) in [7, 11) is 0. The van der Waals surface area contributed by atoms with Crippen molar-refractivity contribution in [3.8, 4) is 0 Å². The molecule has 186 valence electrons. The molecule has 0 amide bonds. The highest BCUT2D eigenvalue weighted by Crippen LogP contribution is 2.75. The Bertz CT molecular complexity index is 839. The average Bonchev–Trinajstić information content (AvgIpc) is 3.09. The first-order valence-electron chi connectivity index (χ1n) is 13.5. The van der Waals surface area contributed by atoms with E-state index in [4.69, 9.17) is 0 Å². The summed E-state index contributed by atoms with van der Waals surface area (Å²) in [5.74, 6) is 2.19. The van der Waals surface area contributed by atoms with Crippen LogP contribution in [-0.2, 0) is 4.79 Å². The van der Waals surface area contributed by atoms with Crippen molar-refractivity contribution >= 4 is 5.78 Å². The monoisotopic (exact) mass is 456 g/mol. The maximum absolute atomic E-state index is 12.9. The molecule has 0 bridgehead atoms. The van der Waals surface area contributed by atoms with Crippen LogP contribution in [0.1, 0.15) is 99.3 Å². The van der Waals surface area contributed by atoms with Crippen LogP contribution in [0.3, 0.4) is 0 Å². The van der Waals surface area contributed by atoms with E-state index in [9.17, 15) is 15.0 Å². The van der Waals surface area contributed by atoms with Crippen LogP contribution in [0.15, 0.2) is 23.8 Å². The molecule has 8 atom stereocenters. The standard InChI is InChI=1S/C30H48O3/c1-19(18-31)9-8-10-20(2)21-13-16-29(6)22(21)11-12-24-28(5)15-14-25(33)27(3,4)26(28)23(32)17-30(24,29)7/h9,21-24,26,31-32H,2,8,10-18H2,1,3-7H3/b19-9+/t21-,22-,23-,24-,26+,28-,29-,30-/m1/s1. The smallest absolute Gasteiger partial charge is 0.138 e. The molecule has 4 rings (SSSR count). The van der Waals surface area contributed by atoms with Crippen LogP contribution < -0.4 is 0 Å². The minimum Gasteiger partial charge on any atom is -0.393 e. The van der Waals surface area contributed by atoms with Crippen LogP contribution in [-0.4, -0.2) is 28.7 Å². The zero-order valence-corrected chi connectivity index (χ0v) is 22.0. The molecule has 0 aliphatic heterocycles. The van der Waals surface area contributed by atoms with E-state index in [1.54, 1.807) is 0 Å². The van der Waals surface area contributed by atoms with Gasteiger partial charge >= 0.3 is 0 Å². The van der Waals surface area contributed by atoms with Gasteiger partial charge in [0.25, 0.3) is 0 Å². The Morgan fingerprint density at radius 1 is 1.09 bits per heavy atom. The number of carbonyl (C=O) groups excluding carboxylic acids is 1. The van der Waals surface area contributed by atoms with E-state index in [-0.39, 0.29) is 28.8 Å². The Kier molecular flexibility index (Phi) is 6.35. The van der Waals surface area contributed by atoms with Crippen LogP contribution in [0.5, 0.6) is 0 Å². The van der Waals surface area contributed by atoms with E-state index in [0.29, 0.717) is 30.0 Å². The molecular formula is C30H48O3. The Balaban J connectivity index is 1.61. The minimum absolute atomic E-state index is 0.0273. The number of hydrogen-bond donors (Lipinski definition) is 2. The second-order valence-electron chi connectivity index (χ2n) is 13.5. The first kappa shape index (κ1) is 25.2. The summed E-state index contributed by atoms with van der Waals surface area (Å²) in [4.78, 5) is 12.9. The summed E-state index contributed by atoms with van der Waals surface area (Å²) < 4.78 is 0. The minimum atomic E-state index is -0.432. The molecule has 3 nitrogen and oxygen atoms in total. The highest BCUT2D eigenvalue weighted by atomic mass is 16.3. The lowest BCUT2D eigenvalue weighted by atomic mass is 9.35. The van der Waals surface area contributed by atoms with Crippen LogP contribution >= 0.6 is 0 Å². The van der Waals surface area contributed by atoms with E-state index in [0.717, 1.165) is 31.3 Å². The maximum atomic E-state index is 12.9. The first-order chi connectivity index (χ1) is 15.3. The number of Topliss-reactive ketones (excluding diaryl/α,β-unsaturated/α-hetero) is 1. The van der Waals surface area contributed by atoms with Gasteiger partial charge in [-0.15, -0.1) is 0 Å². The van der Waals surface area contributed by atoms with Gasteiger partial charge in [-0.05, 0) is 92.3 Å². The van der Waals surface area contributed by atoms with Gasteiger partial charge in [0, 0.05) is 17.8 Å². The molecular weight excluding hydrogens is 408 g/mol. The predicted octanol–water partition coefficient (Wildman–Crippen LogP) is 6.49. The Morgan fingerprint density at radius 3 is 2.45 bits per heavy atom. The van der Waals surface area contributed by atoms with E-state index < -0.39 is 11.5 Å². The lowest BCUT2D eigenvalue weighted by Crippen LogP contribution is -2.67. The third-order valence-electron chi connectivity index (χ3n) is 11.8. The molecule has 4 fully saturated rings. The number of aliphatic hydroxyl groups is 2. The number of rotatable bonds is 5. The van der Waals surface area contributed by atoms with E-state index in [1.807, 2.05) is 6.92 Å². The number of ketones is 1. The van der Waals surface area contributed by atoms with Crippen molar-refractivity contribution in [1.82, 2.24) is 0 Å². The number of carbonyl (C=O) groups is 1. The highest BCUT2D eigenvalue weighted by molar-refractivity contribution is 5.85. The zero-order chi connectivity index (χ0) is 24.4. The highest BCUT2D eigenvalue weighted by Gasteiger charge is 2.70. The van der Waals surface area contributed by atoms with Crippen molar-refractivity contribution in [3.05, 3.63) is 23.8 Å². The van der Waals surface area contributed by atoms with Gasteiger partial charge in [-0.2, -0.15) is 0 Å². The fourth-order valence-corrected chi connectivity index (χ4v) is 9.98. The number of allylic oxidation sites excluding steroid dienone is 2. The molecule has 0 aromatic rings. The molecule has 33 heavy (non-hydrogen) atoms. The Hall–Kier alpha value is -0.930. The fourth-order valence-electron chi connectivity index (χ4n) is 9.98. The van der Waals surface area contributed by atoms with Crippen molar-refractivity contribution in [3.63, 3.8) is 0 Å². The summed E-state index contributed by atoms with van der Waals surface area (Å²) in [6, 6.07) is 0. The summed E-state index contributed by atoms with van der Waals surface area (Å²) in [6.45, 7) is 18.3. The lowest BCUT2D eigenvalue weighted by Gasteiger charge is -2.70. The second kappa shape index (κ2) is 8.33. The average molecular weight is 457 g/mol. The van der Waals surface area contributed by atoms with Crippen molar-refractivity contribution in [1.29, 1.82) is 0 Å². The number of hydrogen-bond acceptors (Lipinski definition) is 3. The third-order valence-corrected chi connectivity index (χ3v) is 11.8. The van der Waals surface area contributed by atoms with Gasteiger partial charge in [0.1, 0.15) is 5.78 Å². The van der Waals surface area contributed by atoms with E-state index in [2.05, 4.69) is 47.3 Å². The molecule has 0 radical (unpaired) electrons. The Morgan fingerprint density at radius 2 is 1.79 bits per heavy atom. The first-order valence-corrected chi connectivity index (χ1v) is 13.5. The molecule has 4 saturated carbocycles. The summed E-state index contributed by atoms with van der Waals surface area (Å²) >= 11 is 0. The van der Waals surface area contributed by atoms with Crippen molar-refractivity contribution in [2.24, 2.45) is 45.3 Å². The van der Waals surface area contributed by atoms with Gasteiger partial charge in [0.05, 0.1) is 12.7 Å². The zero-order valence-electron chi connectivity index (χ0n) is 22.0.